The topological polar surface area (TPSA) is 139 Å². The lowest BCUT2D eigenvalue weighted by atomic mass is 9.87. The first kappa shape index (κ1) is 37.1. The highest BCUT2D eigenvalue weighted by Crippen LogP contribution is 2.48. The highest BCUT2D eigenvalue weighted by Gasteiger charge is 2.61. The van der Waals surface area contributed by atoms with Gasteiger partial charge < -0.3 is 34.4 Å². The van der Waals surface area contributed by atoms with Crippen LogP contribution in [0.4, 0.5) is 0 Å². The molecule has 1 spiro atoms. The van der Waals surface area contributed by atoms with Crippen molar-refractivity contribution in [2.75, 3.05) is 6.61 Å². The van der Waals surface area contributed by atoms with E-state index in [0.717, 1.165) is 18.4 Å². The summed E-state index contributed by atoms with van der Waals surface area (Å²) in [6.07, 6.45) is 9.92. The van der Waals surface area contributed by atoms with Crippen molar-refractivity contribution < 1.29 is 37.8 Å². The Balaban J connectivity index is 1.63. The Morgan fingerprint density at radius 2 is 1.80 bits per heavy atom. The number of primary amides is 1. The van der Waals surface area contributed by atoms with E-state index in [1.54, 1.807) is 13.0 Å². The molecule has 0 saturated carbocycles. The van der Waals surface area contributed by atoms with E-state index in [-0.39, 0.29) is 65.8 Å². The van der Waals surface area contributed by atoms with E-state index < -0.39 is 26.0 Å². The zero-order valence-electron chi connectivity index (χ0n) is 28.9. The van der Waals surface area contributed by atoms with Crippen molar-refractivity contribution >= 4 is 26.1 Å². The van der Waals surface area contributed by atoms with Gasteiger partial charge in [0.05, 0.1) is 37.4 Å². The summed E-state index contributed by atoms with van der Waals surface area (Å²) in [5.74, 6) is -0.785. The van der Waals surface area contributed by atoms with E-state index in [4.69, 9.17) is 29.1 Å². The maximum absolute atomic E-state index is 12.5. The van der Waals surface area contributed by atoms with Crippen LogP contribution in [0, 0.1) is 5.92 Å². The zero-order valence-corrected chi connectivity index (χ0v) is 29.9. The van der Waals surface area contributed by atoms with Gasteiger partial charge in [0.25, 0.3) is 0 Å². The van der Waals surface area contributed by atoms with Gasteiger partial charge in [-0.3, -0.25) is 14.4 Å². The molecule has 3 aliphatic rings. The van der Waals surface area contributed by atoms with Crippen LogP contribution in [0.3, 0.4) is 0 Å². The number of amides is 2. The monoisotopic (exact) mass is 648 g/mol. The lowest BCUT2D eigenvalue weighted by Crippen LogP contribution is -2.57. The predicted octanol–water partition coefficient (Wildman–Crippen LogP) is 4.88. The van der Waals surface area contributed by atoms with Gasteiger partial charge in [-0.1, -0.05) is 51.5 Å². The third kappa shape index (κ3) is 10.6. The van der Waals surface area contributed by atoms with Crippen LogP contribution in [0.25, 0.3) is 0 Å². The molecule has 9 atom stereocenters. The Hall–Kier alpha value is -2.31. The molecule has 11 heteroatoms. The Kier molecular flexibility index (Phi) is 12.4. The first-order valence-corrected chi connectivity index (χ1v) is 19.1. The second-order valence-corrected chi connectivity index (χ2v) is 19.4. The molecule has 0 aromatic rings. The van der Waals surface area contributed by atoms with Crippen molar-refractivity contribution in [3.8, 4) is 0 Å². The Bertz CT molecular complexity index is 1160. The quantitative estimate of drug-likeness (QED) is 0.100. The lowest BCUT2D eigenvalue weighted by Gasteiger charge is -2.46. The maximum Gasteiger partial charge on any atom is 0.303 e. The molecular formula is C34H56N2O8Si. The summed E-state index contributed by atoms with van der Waals surface area (Å²) in [6.45, 7) is 20.9. The van der Waals surface area contributed by atoms with Crippen LogP contribution in [-0.4, -0.2) is 81.0 Å². The summed E-state index contributed by atoms with van der Waals surface area (Å²) in [4.78, 5) is 35.3. The molecule has 3 rings (SSSR count). The normalized spacial score (nSPS) is 33.4. The highest BCUT2D eigenvalue weighted by atomic mass is 28.4. The van der Waals surface area contributed by atoms with Gasteiger partial charge in [-0.05, 0) is 63.7 Å². The SMILES string of the molecule is CC(=O)OC(C)C=CC(=O)N[C@@H]1C[C@H](C)[C@H](C/C=C(C)/C=C/[C@H]2O[C@H](CC(N)=O)C[C@@]3(CO3)[C@@H]2O[Si](C)(C)C(C)(C)C)O[C@@H]1C. The van der Waals surface area contributed by atoms with Crippen molar-refractivity contribution in [1.82, 2.24) is 5.32 Å². The molecule has 10 nitrogen and oxygen atoms in total. The second kappa shape index (κ2) is 15.1. The van der Waals surface area contributed by atoms with Crippen molar-refractivity contribution in [2.24, 2.45) is 11.7 Å². The molecule has 0 aromatic heterocycles. The average molecular weight is 649 g/mol. The standard InChI is InChI=1S/C34H56N2O8Si/c1-21(11-14-28-22(2)17-27(24(4)42-28)36-31(39)16-13-23(3)41-25(5)37)12-15-29-32(44-45(9,10)33(6,7)8)34(20-40-34)19-26(43-29)18-30(35)38/h11-13,15-16,22-24,26-29,32H,14,17-20H2,1-10H3,(H2,35,38)(H,36,39)/b15-12+,16-13?,21-11+/t22-,23?,24+,26+,27+,28-,29+,32+,34+/m0/s1. The highest BCUT2D eigenvalue weighted by molar-refractivity contribution is 6.74. The van der Waals surface area contributed by atoms with Crippen molar-refractivity contribution in [1.29, 1.82) is 0 Å². The van der Waals surface area contributed by atoms with Crippen LogP contribution >= 0.6 is 0 Å². The molecule has 1 unspecified atom stereocenters. The van der Waals surface area contributed by atoms with Crippen LogP contribution in [-0.2, 0) is 37.8 Å². The smallest absolute Gasteiger partial charge is 0.303 e. The van der Waals surface area contributed by atoms with Crippen LogP contribution in [0.1, 0.15) is 81.1 Å². The summed E-state index contributed by atoms with van der Waals surface area (Å²) in [7, 11) is -2.14. The minimum atomic E-state index is -2.14. The van der Waals surface area contributed by atoms with Crippen LogP contribution in [0.5, 0.6) is 0 Å². The first-order chi connectivity index (χ1) is 20.8. The number of nitrogens with one attached hydrogen (secondary N) is 1. The molecule has 0 aromatic carbocycles. The third-order valence-electron chi connectivity index (χ3n) is 9.55. The van der Waals surface area contributed by atoms with Gasteiger partial charge in [0, 0.05) is 19.4 Å². The number of rotatable bonds is 12. The van der Waals surface area contributed by atoms with Crippen LogP contribution < -0.4 is 11.1 Å². The number of esters is 1. The maximum atomic E-state index is 12.5. The lowest BCUT2D eigenvalue weighted by molar-refractivity contribution is -0.143. The number of carbonyl (C=O) groups is 3. The third-order valence-corrected chi connectivity index (χ3v) is 14.0. The Labute approximate surface area is 270 Å². The van der Waals surface area contributed by atoms with Gasteiger partial charge in [-0.25, -0.2) is 0 Å². The molecule has 3 saturated heterocycles. The Morgan fingerprint density at radius 3 is 2.38 bits per heavy atom. The summed E-state index contributed by atoms with van der Waals surface area (Å²) >= 11 is 0. The fraction of sp³-hybridized carbons (Fsp3) is 0.735. The molecule has 0 radical (unpaired) electrons. The van der Waals surface area contributed by atoms with Crippen molar-refractivity contribution in [3.63, 3.8) is 0 Å². The number of epoxide rings is 1. The van der Waals surface area contributed by atoms with Gasteiger partial charge in [-0.15, -0.1) is 0 Å². The van der Waals surface area contributed by atoms with E-state index in [1.807, 2.05) is 13.0 Å². The molecular weight excluding hydrogens is 592 g/mol. The molecule has 3 aliphatic heterocycles. The number of allylic oxidation sites excluding steroid dienone is 2. The van der Waals surface area contributed by atoms with E-state index in [2.05, 4.69) is 65.2 Å². The molecule has 45 heavy (non-hydrogen) atoms. The number of ether oxygens (including phenoxy) is 4. The van der Waals surface area contributed by atoms with Crippen molar-refractivity contribution in [3.05, 3.63) is 36.0 Å². The van der Waals surface area contributed by atoms with E-state index >= 15 is 0 Å². The molecule has 0 bridgehead atoms. The van der Waals surface area contributed by atoms with E-state index in [1.165, 1.54) is 13.0 Å². The molecule has 0 aliphatic carbocycles. The van der Waals surface area contributed by atoms with Gasteiger partial charge >= 0.3 is 5.97 Å². The molecule has 2 amide bonds. The minimum Gasteiger partial charge on any atom is -0.459 e. The van der Waals surface area contributed by atoms with Gasteiger partial charge in [0.1, 0.15) is 23.9 Å². The first-order valence-electron chi connectivity index (χ1n) is 16.2. The van der Waals surface area contributed by atoms with Gasteiger partial charge in [0.2, 0.25) is 11.8 Å². The predicted molar refractivity (Wildman–Crippen MR) is 176 cm³/mol. The number of hydrogen-bond acceptors (Lipinski definition) is 8. The molecule has 254 valence electrons. The average Bonchev–Trinajstić information content (AvgIpc) is 3.67. The summed E-state index contributed by atoms with van der Waals surface area (Å²) in [5.41, 5.74) is 6.15. The fourth-order valence-electron chi connectivity index (χ4n) is 5.76. The van der Waals surface area contributed by atoms with Crippen LogP contribution in [0.15, 0.2) is 36.0 Å². The number of hydrogen-bond donors (Lipinski definition) is 2. The summed E-state index contributed by atoms with van der Waals surface area (Å²) in [6, 6.07) is -0.117. The van der Waals surface area contributed by atoms with Crippen molar-refractivity contribution in [2.45, 2.75) is 147 Å². The largest absolute Gasteiger partial charge is 0.459 e. The summed E-state index contributed by atoms with van der Waals surface area (Å²) in [5, 5.41) is 3.05. The molecule has 3 heterocycles. The second-order valence-electron chi connectivity index (χ2n) is 14.7. The summed E-state index contributed by atoms with van der Waals surface area (Å²) < 4.78 is 30.7. The number of nitrogens with two attached hydrogens (primary N) is 1. The Morgan fingerprint density at radius 1 is 1.13 bits per heavy atom. The van der Waals surface area contributed by atoms with Gasteiger partial charge in [0.15, 0.2) is 8.32 Å². The zero-order chi connectivity index (χ0) is 33.7. The molecule has 3 N–H and O–H groups in total. The van der Waals surface area contributed by atoms with Crippen LogP contribution in [0.2, 0.25) is 18.1 Å². The van der Waals surface area contributed by atoms with Gasteiger partial charge in [-0.2, -0.15) is 0 Å². The van der Waals surface area contributed by atoms with E-state index in [9.17, 15) is 14.4 Å². The molecule has 3 fully saturated rings. The van der Waals surface area contributed by atoms with E-state index in [0.29, 0.717) is 13.0 Å². The minimum absolute atomic E-state index is 0.0136. The number of carbonyl (C=O) groups excluding carboxylic acids is 3. The fourth-order valence-corrected chi connectivity index (χ4v) is 7.10.